The zero-order valence-electron chi connectivity index (χ0n) is 8.31. The van der Waals surface area contributed by atoms with Crippen molar-refractivity contribution in [3.05, 3.63) is 11.9 Å². The fraction of sp³-hybridized carbons (Fsp3) is 0.778. The summed E-state index contributed by atoms with van der Waals surface area (Å²) >= 11 is 0. The Balaban J connectivity index is 2.20. The molecule has 5 heteroatoms. The molecule has 1 saturated heterocycles. The highest BCUT2D eigenvalue weighted by Gasteiger charge is 2.33. The Labute approximate surface area is 82.7 Å². The first-order valence-corrected chi connectivity index (χ1v) is 4.88. The highest BCUT2D eigenvalue weighted by Crippen LogP contribution is 2.30. The lowest BCUT2D eigenvalue weighted by atomic mass is 9.92. The quantitative estimate of drug-likeness (QED) is 0.698. The number of hydrogen-bond donors (Lipinski definition) is 1. The summed E-state index contributed by atoms with van der Waals surface area (Å²) in [6, 6.07) is 0. The summed E-state index contributed by atoms with van der Waals surface area (Å²) in [6.07, 6.45) is 3.80. The molecule has 1 aromatic rings. The van der Waals surface area contributed by atoms with Crippen LogP contribution in [-0.4, -0.2) is 33.3 Å². The Hall–Kier alpha value is -0.940. The van der Waals surface area contributed by atoms with E-state index in [9.17, 15) is 5.11 Å². The Morgan fingerprint density at radius 3 is 3.07 bits per heavy atom. The summed E-state index contributed by atoms with van der Waals surface area (Å²) in [4.78, 5) is 1.47. The fourth-order valence-electron chi connectivity index (χ4n) is 1.75. The summed E-state index contributed by atoms with van der Waals surface area (Å²) in [5.41, 5.74) is -0.185. The minimum absolute atomic E-state index is 0.590. The predicted molar refractivity (Wildman–Crippen MR) is 49.6 cm³/mol. The van der Waals surface area contributed by atoms with Gasteiger partial charge in [0.15, 0.2) is 0 Å². The molecule has 14 heavy (non-hydrogen) atoms. The monoisotopic (exact) mass is 197 g/mol. The van der Waals surface area contributed by atoms with E-state index < -0.39 is 5.60 Å². The third kappa shape index (κ3) is 1.78. The number of rotatable bonds is 1. The second-order valence-corrected chi connectivity index (χ2v) is 3.72. The molecule has 78 valence electrons. The van der Waals surface area contributed by atoms with Crippen molar-refractivity contribution in [2.75, 3.05) is 13.2 Å². The summed E-state index contributed by atoms with van der Waals surface area (Å²) in [6.45, 7) is 1.32. The van der Waals surface area contributed by atoms with Gasteiger partial charge in [0.1, 0.15) is 11.3 Å². The molecule has 1 aromatic heterocycles. The average Bonchev–Trinajstić information content (AvgIpc) is 2.47. The van der Waals surface area contributed by atoms with E-state index in [2.05, 4.69) is 10.2 Å². The molecular weight excluding hydrogens is 182 g/mol. The van der Waals surface area contributed by atoms with Crippen molar-refractivity contribution in [2.45, 2.75) is 24.9 Å². The molecule has 5 nitrogen and oxygen atoms in total. The number of ether oxygens (including phenoxy) is 1. The normalized spacial score (nSPS) is 28.7. The van der Waals surface area contributed by atoms with Crippen molar-refractivity contribution in [1.82, 2.24) is 15.0 Å². The molecule has 1 N–H and O–H groups in total. The zero-order chi connectivity index (χ0) is 10.0. The minimum atomic E-state index is -0.842. The Bertz CT molecular complexity index is 303. The molecule has 0 amide bonds. The Kier molecular flexibility index (Phi) is 2.52. The first-order chi connectivity index (χ1) is 6.71. The largest absolute Gasteiger partial charge is 0.383 e. The number of nitrogens with zero attached hydrogens (tertiary/aromatic N) is 3. The number of aromatic nitrogens is 3. The molecule has 0 aromatic carbocycles. The third-order valence-corrected chi connectivity index (χ3v) is 2.62. The van der Waals surface area contributed by atoms with Crippen LogP contribution in [0.5, 0.6) is 0 Å². The van der Waals surface area contributed by atoms with E-state index in [1.807, 2.05) is 0 Å². The van der Waals surface area contributed by atoms with Gasteiger partial charge in [-0.2, -0.15) is 15.0 Å². The van der Waals surface area contributed by atoms with E-state index in [4.69, 9.17) is 4.74 Å². The van der Waals surface area contributed by atoms with Gasteiger partial charge in [0.25, 0.3) is 0 Å². The molecule has 0 bridgehead atoms. The highest BCUT2D eigenvalue weighted by atomic mass is 16.5. The number of hydrogen-bond acceptors (Lipinski definition) is 4. The first-order valence-electron chi connectivity index (χ1n) is 4.88. The molecular formula is C9H15N3O2. The van der Waals surface area contributed by atoms with Crippen LogP contribution in [0.25, 0.3) is 0 Å². The molecule has 0 radical (unpaired) electrons. The van der Waals surface area contributed by atoms with Crippen LogP contribution >= 0.6 is 0 Å². The van der Waals surface area contributed by atoms with Gasteiger partial charge < -0.3 is 9.84 Å². The van der Waals surface area contributed by atoms with Crippen molar-refractivity contribution in [3.8, 4) is 0 Å². The summed E-state index contributed by atoms with van der Waals surface area (Å²) in [7, 11) is 1.75. The van der Waals surface area contributed by atoms with Gasteiger partial charge in [-0.15, -0.1) is 0 Å². The van der Waals surface area contributed by atoms with Crippen LogP contribution in [0.3, 0.4) is 0 Å². The Morgan fingerprint density at radius 1 is 1.50 bits per heavy atom. The van der Waals surface area contributed by atoms with E-state index in [1.165, 1.54) is 4.80 Å². The van der Waals surface area contributed by atoms with Crippen molar-refractivity contribution in [2.24, 2.45) is 7.05 Å². The molecule has 1 aliphatic rings. The maximum Gasteiger partial charge on any atom is 0.114 e. The smallest absolute Gasteiger partial charge is 0.114 e. The summed E-state index contributed by atoms with van der Waals surface area (Å²) < 4.78 is 5.30. The molecule has 2 rings (SSSR count). The summed E-state index contributed by atoms with van der Waals surface area (Å²) in [5, 5.41) is 18.5. The van der Waals surface area contributed by atoms with Crippen molar-refractivity contribution in [3.63, 3.8) is 0 Å². The lowest BCUT2D eigenvalue weighted by Gasteiger charge is -2.22. The molecule has 0 saturated carbocycles. The first kappa shape index (κ1) is 9.61. The van der Waals surface area contributed by atoms with Gasteiger partial charge in [-0.3, -0.25) is 0 Å². The van der Waals surface area contributed by atoms with Crippen LogP contribution in [-0.2, 0) is 17.4 Å². The standard InChI is InChI=1S/C9H15N3O2/c1-12-10-7-8(11-12)9(13)3-2-5-14-6-4-9/h7,13H,2-6H2,1H3. The van der Waals surface area contributed by atoms with E-state index in [1.54, 1.807) is 13.2 Å². The SMILES string of the molecule is Cn1ncc(C2(O)CCCOCC2)n1. The van der Waals surface area contributed by atoms with Crippen LogP contribution in [0, 0.1) is 0 Å². The third-order valence-electron chi connectivity index (χ3n) is 2.62. The van der Waals surface area contributed by atoms with Gasteiger partial charge in [-0.05, 0) is 12.8 Å². The van der Waals surface area contributed by atoms with Gasteiger partial charge in [-0.25, -0.2) is 0 Å². The minimum Gasteiger partial charge on any atom is -0.383 e. The van der Waals surface area contributed by atoms with Gasteiger partial charge >= 0.3 is 0 Å². The predicted octanol–water partition coefficient (Wildman–Crippen LogP) is 0.203. The van der Waals surface area contributed by atoms with Crippen LogP contribution in [0.15, 0.2) is 6.20 Å². The van der Waals surface area contributed by atoms with E-state index in [0.29, 0.717) is 25.1 Å². The lowest BCUT2D eigenvalue weighted by Crippen LogP contribution is -2.26. The van der Waals surface area contributed by atoms with E-state index >= 15 is 0 Å². The van der Waals surface area contributed by atoms with Gasteiger partial charge in [0, 0.05) is 26.7 Å². The maximum atomic E-state index is 10.3. The van der Waals surface area contributed by atoms with E-state index in [0.717, 1.165) is 13.0 Å². The summed E-state index contributed by atoms with van der Waals surface area (Å²) in [5.74, 6) is 0. The molecule has 0 aliphatic carbocycles. The molecule has 0 spiro atoms. The molecule has 1 aliphatic heterocycles. The molecule has 2 heterocycles. The lowest BCUT2D eigenvalue weighted by molar-refractivity contribution is 0.00994. The molecule has 1 unspecified atom stereocenters. The number of aliphatic hydroxyl groups is 1. The fourth-order valence-corrected chi connectivity index (χ4v) is 1.75. The molecule has 1 fully saturated rings. The van der Waals surface area contributed by atoms with Crippen LogP contribution in [0.4, 0.5) is 0 Å². The van der Waals surface area contributed by atoms with E-state index in [-0.39, 0.29) is 0 Å². The van der Waals surface area contributed by atoms with Crippen LogP contribution in [0.2, 0.25) is 0 Å². The zero-order valence-corrected chi connectivity index (χ0v) is 8.31. The van der Waals surface area contributed by atoms with Crippen LogP contribution < -0.4 is 0 Å². The average molecular weight is 197 g/mol. The van der Waals surface area contributed by atoms with Gasteiger partial charge in [0.2, 0.25) is 0 Å². The van der Waals surface area contributed by atoms with Crippen LogP contribution in [0.1, 0.15) is 25.0 Å². The molecule has 1 atom stereocenters. The van der Waals surface area contributed by atoms with Gasteiger partial charge in [0.05, 0.1) is 6.20 Å². The second-order valence-electron chi connectivity index (χ2n) is 3.72. The van der Waals surface area contributed by atoms with Crippen molar-refractivity contribution < 1.29 is 9.84 Å². The van der Waals surface area contributed by atoms with Gasteiger partial charge in [-0.1, -0.05) is 0 Å². The topological polar surface area (TPSA) is 60.2 Å². The Morgan fingerprint density at radius 2 is 2.36 bits per heavy atom. The van der Waals surface area contributed by atoms with Crippen molar-refractivity contribution >= 4 is 0 Å². The number of aryl methyl sites for hydroxylation is 1. The highest BCUT2D eigenvalue weighted by molar-refractivity contribution is 5.06. The second kappa shape index (κ2) is 3.67. The maximum absolute atomic E-state index is 10.3. The van der Waals surface area contributed by atoms with Crippen molar-refractivity contribution in [1.29, 1.82) is 0 Å².